The molecule has 3 aromatic rings. The minimum Gasteiger partial charge on any atom is -0.389 e. The van der Waals surface area contributed by atoms with E-state index in [-0.39, 0.29) is 11.6 Å². The molecule has 0 bridgehead atoms. The lowest BCUT2D eigenvalue weighted by atomic mass is 10.0. The molecular formula is C21H22N2O3S2. The first-order valence-electron chi connectivity index (χ1n) is 9.26. The highest BCUT2D eigenvalue weighted by molar-refractivity contribution is 7.20. The number of unbranched alkanes of at least 4 members (excludes halogenated alkanes) is 2. The number of aliphatic hydroxyl groups excluding tert-OH is 1. The van der Waals surface area contributed by atoms with Crippen LogP contribution in [0.4, 0.5) is 0 Å². The van der Waals surface area contributed by atoms with Gasteiger partial charge in [0.2, 0.25) is 0 Å². The first-order chi connectivity index (χ1) is 13.7. The maximum atomic E-state index is 12.8. The minimum atomic E-state index is -0.403. The average Bonchev–Trinajstić information content (AvgIpc) is 3.38. The highest BCUT2D eigenvalue weighted by Crippen LogP contribution is 2.32. The van der Waals surface area contributed by atoms with Crippen molar-refractivity contribution in [1.82, 2.24) is 9.97 Å². The Morgan fingerprint density at radius 1 is 1.00 bits per heavy atom. The predicted octanol–water partition coefficient (Wildman–Crippen LogP) is 4.55. The van der Waals surface area contributed by atoms with Crippen molar-refractivity contribution in [2.45, 2.75) is 38.5 Å². The predicted molar refractivity (Wildman–Crippen MR) is 112 cm³/mol. The largest absolute Gasteiger partial charge is 0.389 e. The van der Waals surface area contributed by atoms with E-state index in [1.807, 2.05) is 23.6 Å². The molecular weight excluding hydrogens is 392 g/mol. The van der Waals surface area contributed by atoms with Gasteiger partial charge in [0.05, 0.1) is 0 Å². The lowest BCUT2D eigenvalue weighted by Crippen LogP contribution is -2.05. The van der Waals surface area contributed by atoms with Crippen LogP contribution in [0.3, 0.4) is 0 Å². The lowest BCUT2D eigenvalue weighted by molar-refractivity contribution is -0.121. The zero-order valence-corrected chi connectivity index (χ0v) is 17.1. The van der Waals surface area contributed by atoms with Crippen molar-refractivity contribution in [3.63, 3.8) is 0 Å². The van der Waals surface area contributed by atoms with Gasteiger partial charge in [0.15, 0.2) is 21.6 Å². The Hall–Kier alpha value is -2.22. The minimum absolute atomic E-state index is 0.0403. The number of hydrogen-bond donors (Lipinski definition) is 1. The Bertz CT molecular complexity index is 905. The van der Waals surface area contributed by atoms with Gasteiger partial charge in [-0.05, 0) is 18.4 Å². The van der Waals surface area contributed by atoms with E-state index >= 15 is 0 Å². The Labute approximate surface area is 172 Å². The number of nitrogens with zero attached hydrogens (tertiary/aromatic N) is 2. The van der Waals surface area contributed by atoms with E-state index in [9.17, 15) is 9.59 Å². The smallest absolute Gasteiger partial charge is 0.182 e. The molecule has 0 aliphatic rings. The highest BCUT2D eigenvalue weighted by Gasteiger charge is 2.20. The number of ketones is 2. The number of benzene rings is 1. The maximum Gasteiger partial charge on any atom is 0.182 e. The number of carbonyl (C=O) groups is 2. The summed E-state index contributed by atoms with van der Waals surface area (Å²) in [5, 5.41) is 12.3. The summed E-state index contributed by atoms with van der Waals surface area (Å²) in [4.78, 5) is 33.9. The summed E-state index contributed by atoms with van der Waals surface area (Å²) < 4.78 is 0. The number of rotatable bonds is 11. The molecule has 1 aromatic carbocycles. The Balaban J connectivity index is 1.69. The molecule has 2 aromatic heterocycles. The van der Waals surface area contributed by atoms with Crippen molar-refractivity contribution in [3.05, 3.63) is 58.0 Å². The van der Waals surface area contributed by atoms with Crippen molar-refractivity contribution in [3.8, 4) is 10.0 Å². The van der Waals surface area contributed by atoms with E-state index in [2.05, 4.69) is 22.1 Å². The molecule has 28 heavy (non-hydrogen) atoms. The maximum absolute atomic E-state index is 12.8. The van der Waals surface area contributed by atoms with Gasteiger partial charge in [-0.3, -0.25) is 9.59 Å². The molecule has 0 fully saturated rings. The molecule has 0 spiro atoms. The summed E-state index contributed by atoms with van der Waals surface area (Å²) >= 11 is 3.05. The van der Waals surface area contributed by atoms with E-state index in [1.165, 1.54) is 22.7 Å². The van der Waals surface area contributed by atoms with Gasteiger partial charge < -0.3 is 5.11 Å². The number of thiazole rings is 2. The molecule has 0 aliphatic heterocycles. The Kier molecular flexibility index (Phi) is 7.59. The van der Waals surface area contributed by atoms with E-state index in [4.69, 9.17) is 5.11 Å². The van der Waals surface area contributed by atoms with E-state index in [0.29, 0.717) is 37.8 Å². The van der Waals surface area contributed by atoms with Gasteiger partial charge in [0.25, 0.3) is 0 Å². The Morgan fingerprint density at radius 2 is 1.79 bits per heavy atom. The summed E-state index contributed by atoms with van der Waals surface area (Å²) in [7, 11) is 0. The second-order valence-corrected chi connectivity index (χ2v) is 8.45. The van der Waals surface area contributed by atoms with Gasteiger partial charge in [0, 0.05) is 35.7 Å². The van der Waals surface area contributed by atoms with Crippen molar-refractivity contribution in [2.75, 3.05) is 6.61 Å². The molecule has 3 rings (SSSR count). The van der Waals surface area contributed by atoms with Crippen LogP contribution in [0, 0.1) is 0 Å². The molecule has 0 unspecified atom stereocenters. The molecule has 5 nitrogen and oxygen atoms in total. The van der Waals surface area contributed by atoms with Gasteiger partial charge in [0.1, 0.15) is 12.3 Å². The van der Waals surface area contributed by atoms with Gasteiger partial charge in [-0.1, -0.05) is 36.8 Å². The molecule has 0 aliphatic carbocycles. The number of Topliss-reactive ketones (excluding diaryl/α,β-unsaturated/α-hetero) is 2. The van der Waals surface area contributed by atoms with Crippen LogP contribution < -0.4 is 0 Å². The fourth-order valence-corrected chi connectivity index (χ4v) is 4.67. The quantitative estimate of drug-likeness (QED) is 0.368. The third kappa shape index (κ3) is 5.64. The average molecular weight is 415 g/mol. The second kappa shape index (κ2) is 10.4. The standard InChI is InChI=1S/C21H22N2O3S2/c24-14-16(25)9-5-2-6-10-17(26)19-18(13-15-7-3-1-4-8-15)28-21(23-19)20-22-11-12-27-20/h1,3-4,7-8,11-12,24H,2,5-6,9-10,13-14H2. The Morgan fingerprint density at radius 3 is 2.50 bits per heavy atom. The van der Waals surface area contributed by atoms with E-state index in [0.717, 1.165) is 26.9 Å². The number of hydrogen-bond acceptors (Lipinski definition) is 7. The molecule has 0 saturated carbocycles. The molecule has 0 saturated heterocycles. The second-order valence-electron chi connectivity index (χ2n) is 6.47. The van der Waals surface area contributed by atoms with Crippen molar-refractivity contribution >= 4 is 34.2 Å². The first kappa shape index (κ1) is 20.5. The van der Waals surface area contributed by atoms with E-state index in [1.54, 1.807) is 6.20 Å². The van der Waals surface area contributed by atoms with Crippen LogP contribution in [0.5, 0.6) is 0 Å². The third-order valence-electron chi connectivity index (χ3n) is 4.32. The summed E-state index contributed by atoms with van der Waals surface area (Å²) in [5.41, 5.74) is 1.69. The summed E-state index contributed by atoms with van der Waals surface area (Å²) in [5.74, 6) is -0.109. The number of aromatic nitrogens is 2. The van der Waals surface area contributed by atoms with Gasteiger partial charge >= 0.3 is 0 Å². The van der Waals surface area contributed by atoms with Crippen LogP contribution in [-0.4, -0.2) is 33.2 Å². The van der Waals surface area contributed by atoms with Crippen LogP contribution in [0.15, 0.2) is 41.9 Å². The third-order valence-corrected chi connectivity index (χ3v) is 6.29. The zero-order valence-electron chi connectivity index (χ0n) is 15.5. The topological polar surface area (TPSA) is 80.1 Å². The molecule has 7 heteroatoms. The van der Waals surface area contributed by atoms with E-state index < -0.39 is 6.61 Å². The van der Waals surface area contributed by atoms with Crippen molar-refractivity contribution in [1.29, 1.82) is 0 Å². The first-order valence-corrected chi connectivity index (χ1v) is 11.0. The normalized spacial score (nSPS) is 10.9. The molecule has 2 heterocycles. The van der Waals surface area contributed by atoms with Gasteiger partial charge in [-0.2, -0.15) is 0 Å². The summed E-state index contributed by atoms with van der Waals surface area (Å²) in [6, 6.07) is 10.1. The number of aliphatic hydroxyl groups is 1. The molecule has 0 radical (unpaired) electrons. The molecule has 146 valence electrons. The van der Waals surface area contributed by atoms with Crippen LogP contribution in [0.1, 0.15) is 53.0 Å². The van der Waals surface area contributed by atoms with Gasteiger partial charge in [-0.25, -0.2) is 9.97 Å². The van der Waals surface area contributed by atoms with Crippen LogP contribution in [-0.2, 0) is 11.2 Å². The van der Waals surface area contributed by atoms with Crippen molar-refractivity contribution in [2.24, 2.45) is 0 Å². The van der Waals surface area contributed by atoms with Crippen molar-refractivity contribution < 1.29 is 14.7 Å². The molecule has 1 N–H and O–H groups in total. The SMILES string of the molecule is O=C(CO)CCCCCC(=O)c1nc(-c2nccs2)sc1Cc1ccccc1. The lowest BCUT2D eigenvalue weighted by Gasteiger charge is -2.03. The molecule has 0 amide bonds. The monoisotopic (exact) mass is 414 g/mol. The van der Waals surface area contributed by atoms with Crippen LogP contribution in [0.2, 0.25) is 0 Å². The zero-order chi connectivity index (χ0) is 19.8. The van der Waals surface area contributed by atoms with Crippen LogP contribution in [0.25, 0.3) is 10.0 Å². The van der Waals surface area contributed by atoms with Crippen LogP contribution >= 0.6 is 22.7 Å². The number of carbonyl (C=O) groups excluding carboxylic acids is 2. The summed E-state index contributed by atoms with van der Waals surface area (Å²) in [6.07, 6.45) is 5.40. The summed E-state index contributed by atoms with van der Waals surface area (Å²) in [6.45, 7) is -0.403. The molecule has 0 atom stereocenters. The van der Waals surface area contributed by atoms with Gasteiger partial charge in [-0.15, -0.1) is 22.7 Å². The highest BCUT2D eigenvalue weighted by atomic mass is 32.1. The fraction of sp³-hybridized carbons (Fsp3) is 0.333. The fourth-order valence-electron chi connectivity index (χ4n) is 2.87.